The van der Waals surface area contributed by atoms with Crippen molar-refractivity contribution < 1.29 is 19.1 Å². The Kier molecular flexibility index (Phi) is 5.84. The van der Waals surface area contributed by atoms with Crippen LogP contribution >= 0.6 is 12.2 Å². The highest BCUT2D eigenvalue weighted by Crippen LogP contribution is 2.18. The number of esters is 1. The molecule has 1 N–H and O–H groups in total. The molecule has 0 radical (unpaired) electrons. The first-order valence-corrected chi connectivity index (χ1v) is 6.29. The number of hydrogen-bond donors (Lipinski definition) is 1. The molecule has 1 atom stereocenters. The van der Waals surface area contributed by atoms with E-state index < -0.39 is 6.09 Å². The van der Waals surface area contributed by atoms with Gasteiger partial charge in [0.05, 0.1) is 19.6 Å². The Morgan fingerprint density at radius 1 is 1.50 bits per heavy atom. The second-order valence-electron chi connectivity index (χ2n) is 3.96. The molecule has 18 heavy (non-hydrogen) atoms. The van der Waals surface area contributed by atoms with Gasteiger partial charge in [-0.05, 0) is 32.0 Å². The summed E-state index contributed by atoms with van der Waals surface area (Å²) in [6.45, 7) is 3.35. The smallest absolute Gasteiger partial charge is 0.413 e. The molecule has 0 aromatic rings. The summed E-state index contributed by atoms with van der Waals surface area (Å²) in [6, 6.07) is 0. The molecule has 0 aliphatic carbocycles. The molecule has 1 heterocycles. The molecule has 102 valence electrons. The van der Waals surface area contributed by atoms with Gasteiger partial charge in [-0.2, -0.15) is 0 Å². The van der Waals surface area contributed by atoms with Crippen LogP contribution in [0.25, 0.3) is 0 Å². The van der Waals surface area contributed by atoms with Crippen LogP contribution in [0.5, 0.6) is 0 Å². The van der Waals surface area contributed by atoms with Gasteiger partial charge in [-0.15, -0.1) is 0 Å². The number of hydrogen-bond acceptors (Lipinski definition) is 5. The molecule has 0 aromatic carbocycles. The minimum atomic E-state index is -0.599. The van der Waals surface area contributed by atoms with E-state index in [1.165, 1.54) is 7.11 Å². The van der Waals surface area contributed by atoms with Crippen LogP contribution in [0.1, 0.15) is 19.8 Å². The fourth-order valence-corrected chi connectivity index (χ4v) is 2.08. The van der Waals surface area contributed by atoms with Crippen LogP contribution in [0.3, 0.4) is 0 Å². The van der Waals surface area contributed by atoms with Crippen molar-refractivity contribution in [2.75, 3.05) is 26.8 Å². The number of thiocarbonyl (C=S) groups is 1. The highest BCUT2D eigenvalue weighted by Gasteiger charge is 2.28. The van der Waals surface area contributed by atoms with Gasteiger partial charge in [0.1, 0.15) is 0 Å². The Morgan fingerprint density at radius 3 is 2.83 bits per heavy atom. The monoisotopic (exact) mass is 274 g/mol. The molecule has 7 heteroatoms. The van der Waals surface area contributed by atoms with Crippen LogP contribution in [0, 0.1) is 5.92 Å². The van der Waals surface area contributed by atoms with E-state index in [9.17, 15) is 9.59 Å². The summed E-state index contributed by atoms with van der Waals surface area (Å²) in [4.78, 5) is 24.5. The van der Waals surface area contributed by atoms with E-state index in [2.05, 4.69) is 10.1 Å². The van der Waals surface area contributed by atoms with Crippen LogP contribution < -0.4 is 5.32 Å². The zero-order chi connectivity index (χ0) is 13.5. The van der Waals surface area contributed by atoms with Gasteiger partial charge < -0.3 is 14.4 Å². The van der Waals surface area contributed by atoms with Crippen molar-refractivity contribution >= 4 is 29.4 Å². The topological polar surface area (TPSA) is 67.9 Å². The predicted octanol–water partition coefficient (Wildman–Crippen LogP) is 0.902. The SMILES string of the molecule is CCOC(=O)C1CCCN(C(=S)NC(=O)OC)C1. The molecular weight excluding hydrogens is 256 g/mol. The fraction of sp³-hybridized carbons (Fsp3) is 0.727. The molecule has 6 nitrogen and oxygen atoms in total. The summed E-state index contributed by atoms with van der Waals surface area (Å²) in [7, 11) is 1.27. The Bertz CT molecular complexity index is 335. The minimum absolute atomic E-state index is 0.184. The molecule has 1 saturated heterocycles. The lowest BCUT2D eigenvalue weighted by atomic mass is 9.98. The lowest BCUT2D eigenvalue weighted by Crippen LogP contribution is -2.48. The van der Waals surface area contributed by atoms with Crippen molar-refractivity contribution in [2.45, 2.75) is 19.8 Å². The first kappa shape index (κ1) is 14.7. The normalized spacial score (nSPS) is 19.0. The van der Waals surface area contributed by atoms with Gasteiger partial charge in [0.15, 0.2) is 5.11 Å². The maximum absolute atomic E-state index is 11.6. The number of carbonyl (C=O) groups is 2. The molecule has 1 aliphatic heterocycles. The van der Waals surface area contributed by atoms with E-state index in [1.807, 2.05) is 0 Å². The Morgan fingerprint density at radius 2 is 2.22 bits per heavy atom. The Hall–Kier alpha value is -1.37. The highest BCUT2D eigenvalue weighted by atomic mass is 32.1. The van der Waals surface area contributed by atoms with Crippen molar-refractivity contribution in [1.82, 2.24) is 10.2 Å². The van der Waals surface area contributed by atoms with Gasteiger partial charge in [-0.25, -0.2) is 4.79 Å². The molecule has 0 bridgehead atoms. The summed E-state index contributed by atoms with van der Waals surface area (Å²) in [5, 5.41) is 2.72. The maximum Gasteiger partial charge on any atom is 0.413 e. The van der Waals surface area contributed by atoms with Crippen LogP contribution in [-0.4, -0.2) is 48.9 Å². The van der Waals surface area contributed by atoms with E-state index in [0.29, 0.717) is 13.2 Å². The third-order valence-electron chi connectivity index (χ3n) is 2.72. The van der Waals surface area contributed by atoms with E-state index in [0.717, 1.165) is 19.4 Å². The maximum atomic E-state index is 11.6. The van der Waals surface area contributed by atoms with E-state index in [1.54, 1.807) is 11.8 Å². The second kappa shape index (κ2) is 7.15. The largest absolute Gasteiger partial charge is 0.466 e. The zero-order valence-electron chi connectivity index (χ0n) is 10.6. The number of likely N-dealkylation sites (tertiary alicyclic amines) is 1. The number of ether oxygens (including phenoxy) is 2. The Labute approximate surface area is 112 Å². The van der Waals surface area contributed by atoms with Crippen molar-refractivity contribution in [1.29, 1.82) is 0 Å². The number of alkyl carbamates (subject to hydrolysis) is 1. The van der Waals surface area contributed by atoms with E-state index in [-0.39, 0.29) is 17.0 Å². The number of rotatable bonds is 2. The molecule has 1 aliphatic rings. The average Bonchev–Trinajstić information content (AvgIpc) is 2.39. The van der Waals surface area contributed by atoms with E-state index in [4.69, 9.17) is 17.0 Å². The van der Waals surface area contributed by atoms with Crippen LogP contribution in [0.15, 0.2) is 0 Å². The lowest BCUT2D eigenvalue weighted by Gasteiger charge is -2.32. The van der Waals surface area contributed by atoms with Crippen molar-refractivity contribution in [2.24, 2.45) is 5.92 Å². The summed E-state index contributed by atoms with van der Waals surface area (Å²) in [6.07, 6.45) is 1.03. The summed E-state index contributed by atoms with van der Waals surface area (Å²) in [5.41, 5.74) is 0. The molecule has 0 aromatic heterocycles. The minimum Gasteiger partial charge on any atom is -0.466 e. The fourth-order valence-electron chi connectivity index (χ4n) is 1.83. The number of carbonyl (C=O) groups excluding carboxylic acids is 2. The zero-order valence-corrected chi connectivity index (χ0v) is 11.4. The number of nitrogens with zero attached hydrogens (tertiary/aromatic N) is 1. The number of piperidine rings is 1. The van der Waals surface area contributed by atoms with Gasteiger partial charge in [-0.1, -0.05) is 0 Å². The lowest BCUT2D eigenvalue weighted by molar-refractivity contribution is -0.149. The summed E-state index contributed by atoms with van der Waals surface area (Å²) < 4.78 is 9.46. The van der Waals surface area contributed by atoms with Crippen molar-refractivity contribution in [3.05, 3.63) is 0 Å². The predicted molar refractivity (Wildman–Crippen MR) is 69.1 cm³/mol. The number of nitrogens with one attached hydrogen (secondary N) is 1. The van der Waals surface area contributed by atoms with Crippen LogP contribution in [0.4, 0.5) is 4.79 Å². The van der Waals surface area contributed by atoms with Gasteiger partial charge in [0.25, 0.3) is 0 Å². The Balaban J connectivity index is 2.50. The molecule has 1 amide bonds. The first-order chi connectivity index (χ1) is 8.58. The number of amides is 1. The van der Waals surface area contributed by atoms with Gasteiger partial charge in [0, 0.05) is 13.1 Å². The van der Waals surface area contributed by atoms with Gasteiger partial charge in [-0.3, -0.25) is 10.1 Å². The summed E-state index contributed by atoms with van der Waals surface area (Å²) in [5.74, 6) is -0.390. The van der Waals surface area contributed by atoms with Gasteiger partial charge in [0.2, 0.25) is 0 Å². The third kappa shape index (κ3) is 4.14. The number of methoxy groups -OCH3 is 1. The standard InChI is InChI=1S/C11H18N2O4S/c1-3-17-9(14)8-5-4-6-13(7-8)10(18)12-11(15)16-2/h8H,3-7H2,1-2H3,(H,12,15,18). The van der Waals surface area contributed by atoms with Crippen LogP contribution in [-0.2, 0) is 14.3 Å². The van der Waals surface area contributed by atoms with E-state index >= 15 is 0 Å². The summed E-state index contributed by atoms with van der Waals surface area (Å²) >= 11 is 5.08. The quantitative estimate of drug-likeness (QED) is 0.596. The van der Waals surface area contributed by atoms with Crippen molar-refractivity contribution in [3.8, 4) is 0 Å². The molecule has 1 rings (SSSR count). The molecule has 1 unspecified atom stereocenters. The molecule has 0 saturated carbocycles. The second-order valence-corrected chi connectivity index (χ2v) is 4.35. The van der Waals surface area contributed by atoms with Gasteiger partial charge >= 0.3 is 12.1 Å². The third-order valence-corrected chi connectivity index (χ3v) is 3.08. The highest BCUT2D eigenvalue weighted by molar-refractivity contribution is 7.80. The average molecular weight is 274 g/mol. The molecule has 1 fully saturated rings. The first-order valence-electron chi connectivity index (χ1n) is 5.89. The van der Waals surface area contributed by atoms with Crippen LogP contribution in [0.2, 0.25) is 0 Å². The molecular formula is C11H18N2O4S. The van der Waals surface area contributed by atoms with Crippen molar-refractivity contribution in [3.63, 3.8) is 0 Å². The molecule has 0 spiro atoms.